The number of likely N-dealkylation sites (tertiary alicyclic amines) is 1. The van der Waals surface area contributed by atoms with Gasteiger partial charge in [0.1, 0.15) is 23.2 Å². The molecule has 1 heterocycles. The number of rotatable bonds is 7. The molecule has 0 radical (unpaired) electrons. The summed E-state index contributed by atoms with van der Waals surface area (Å²) in [4.78, 5) is 65.1. The fourth-order valence-corrected chi connectivity index (χ4v) is 5.07. The van der Waals surface area contributed by atoms with Crippen molar-refractivity contribution in [1.82, 2.24) is 15.5 Å². The summed E-state index contributed by atoms with van der Waals surface area (Å²) in [5.74, 6) is -2.79. The summed E-state index contributed by atoms with van der Waals surface area (Å²) < 4.78 is 9.86. The third-order valence-corrected chi connectivity index (χ3v) is 7.28. The van der Waals surface area contributed by atoms with E-state index < -0.39 is 47.0 Å². The molecule has 3 rings (SSSR count). The number of ether oxygens (including phenoxy) is 2. The van der Waals surface area contributed by atoms with Crippen LogP contribution in [-0.4, -0.2) is 71.4 Å². The highest BCUT2D eigenvalue weighted by Crippen LogP contribution is 2.65. The highest BCUT2D eigenvalue weighted by molar-refractivity contribution is 6.38. The van der Waals surface area contributed by atoms with Crippen LogP contribution in [0.5, 0.6) is 0 Å². The second-order valence-corrected chi connectivity index (χ2v) is 11.6. The first-order valence-electron chi connectivity index (χ1n) is 11.8. The van der Waals surface area contributed by atoms with Crippen molar-refractivity contribution in [2.45, 2.75) is 84.5 Å². The third-order valence-electron chi connectivity index (χ3n) is 7.28. The van der Waals surface area contributed by atoms with Crippen LogP contribution in [0, 0.1) is 23.2 Å². The number of Topliss-reactive ketones (excluding diaryl/α,β-unsaturated/α-hetero) is 1. The predicted octanol–water partition coefficient (Wildman–Crippen LogP) is 1.41. The molecule has 3 fully saturated rings. The van der Waals surface area contributed by atoms with Crippen molar-refractivity contribution in [3.63, 3.8) is 0 Å². The Morgan fingerprint density at radius 2 is 1.65 bits per heavy atom. The number of nitrogens with one attached hydrogen (secondary N) is 2. The second-order valence-electron chi connectivity index (χ2n) is 11.6. The molecule has 10 heteroatoms. The Morgan fingerprint density at radius 1 is 1.06 bits per heavy atom. The van der Waals surface area contributed by atoms with Crippen molar-refractivity contribution in [3.8, 4) is 0 Å². The molecule has 3 aliphatic rings. The summed E-state index contributed by atoms with van der Waals surface area (Å²) in [6, 6.07) is -1.67. The van der Waals surface area contributed by atoms with Gasteiger partial charge in [-0.1, -0.05) is 27.7 Å². The molecule has 1 unspecified atom stereocenters. The first-order valence-corrected chi connectivity index (χ1v) is 11.8. The number of carbonyl (C=O) groups is 5. The van der Waals surface area contributed by atoms with Gasteiger partial charge in [0, 0.05) is 6.54 Å². The molecule has 1 aliphatic heterocycles. The Morgan fingerprint density at radius 3 is 2.12 bits per heavy atom. The Bertz CT molecular complexity index is 901. The number of piperidine rings is 1. The summed E-state index contributed by atoms with van der Waals surface area (Å²) >= 11 is 0. The molecule has 3 amide bonds. The zero-order chi connectivity index (χ0) is 25.8. The van der Waals surface area contributed by atoms with E-state index in [9.17, 15) is 24.0 Å². The maximum absolute atomic E-state index is 13.6. The van der Waals surface area contributed by atoms with E-state index in [4.69, 9.17) is 4.74 Å². The fourth-order valence-electron chi connectivity index (χ4n) is 5.07. The van der Waals surface area contributed by atoms with Gasteiger partial charge >= 0.3 is 12.1 Å². The Balaban J connectivity index is 1.79. The molecule has 0 aromatic carbocycles. The second kappa shape index (κ2) is 8.53. The van der Waals surface area contributed by atoms with E-state index in [1.165, 1.54) is 4.90 Å². The van der Waals surface area contributed by atoms with Gasteiger partial charge in [-0.05, 0) is 56.8 Å². The summed E-state index contributed by atoms with van der Waals surface area (Å²) in [6.07, 6.45) is -0.00918. The van der Waals surface area contributed by atoms with Gasteiger partial charge in [0.2, 0.25) is 11.8 Å². The lowest BCUT2D eigenvalue weighted by atomic mass is 9.97. The van der Waals surface area contributed by atoms with Crippen LogP contribution in [-0.2, 0) is 28.7 Å². The lowest BCUT2D eigenvalue weighted by Gasteiger charge is -2.35. The van der Waals surface area contributed by atoms with Crippen molar-refractivity contribution in [2.75, 3.05) is 13.7 Å². The first kappa shape index (κ1) is 26.0. The number of amides is 3. The standard InChI is InChI=1S/C24H37N3O7/c1-12(2)15(25-21(32)34-22(3,4)5)19(30)27-11-13-14(23(13,6)7)16(27)18(29)26-24(9-10-24)17(28)20(31)33-8/h12-16H,9-11H2,1-8H3,(H,25,32)(H,26,29)/t13-,14-,15-,16?/m0/s1. The van der Waals surface area contributed by atoms with Crippen LogP contribution < -0.4 is 10.6 Å². The van der Waals surface area contributed by atoms with Gasteiger partial charge in [0.15, 0.2) is 0 Å². The zero-order valence-electron chi connectivity index (χ0n) is 21.3. The third kappa shape index (κ3) is 4.77. The Kier molecular flexibility index (Phi) is 6.52. The molecule has 2 saturated carbocycles. The molecule has 0 bridgehead atoms. The minimum atomic E-state index is -1.26. The minimum Gasteiger partial charge on any atom is -0.463 e. The number of carbonyl (C=O) groups excluding carboxylic acids is 5. The molecule has 190 valence electrons. The summed E-state index contributed by atoms with van der Waals surface area (Å²) in [5.41, 5.74) is -2.11. The molecule has 2 N–H and O–H groups in total. The van der Waals surface area contributed by atoms with E-state index in [1.807, 2.05) is 13.8 Å². The maximum Gasteiger partial charge on any atom is 0.408 e. The first-order chi connectivity index (χ1) is 15.6. The monoisotopic (exact) mass is 479 g/mol. The quantitative estimate of drug-likeness (QED) is 0.417. The van der Waals surface area contributed by atoms with E-state index in [-0.39, 0.29) is 29.1 Å². The van der Waals surface area contributed by atoms with Crippen LogP contribution in [0.4, 0.5) is 4.79 Å². The number of nitrogens with zero attached hydrogens (tertiary/aromatic N) is 1. The van der Waals surface area contributed by atoms with Crippen LogP contribution in [0.25, 0.3) is 0 Å². The maximum atomic E-state index is 13.6. The largest absolute Gasteiger partial charge is 0.463 e. The van der Waals surface area contributed by atoms with Gasteiger partial charge in [-0.15, -0.1) is 0 Å². The van der Waals surface area contributed by atoms with E-state index in [1.54, 1.807) is 20.8 Å². The molecule has 34 heavy (non-hydrogen) atoms. The molecule has 4 atom stereocenters. The van der Waals surface area contributed by atoms with Crippen molar-refractivity contribution >= 4 is 29.7 Å². The van der Waals surface area contributed by atoms with Crippen LogP contribution in [0.2, 0.25) is 0 Å². The Hall–Kier alpha value is -2.65. The molecular formula is C24H37N3O7. The normalized spacial score (nSPS) is 26.7. The van der Waals surface area contributed by atoms with Gasteiger partial charge < -0.3 is 25.0 Å². The number of ketones is 1. The van der Waals surface area contributed by atoms with Crippen molar-refractivity contribution in [1.29, 1.82) is 0 Å². The van der Waals surface area contributed by atoms with Crippen LogP contribution in [0.3, 0.4) is 0 Å². The number of hydrogen-bond acceptors (Lipinski definition) is 7. The van der Waals surface area contributed by atoms with Gasteiger partial charge in [0.25, 0.3) is 5.78 Å². The van der Waals surface area contributed by atoms with Gasteiger partial charge in [-0.25, -0.2) is 9.59 Å². The summed E-state index contributed by atoms with van der Waals surface area (Å²) in [7, 11) is 1.12. The molecule has 1 saturated heterocycles. The van der Waals surface area contributed by atoms with Crippen molar-refractivity contribution in [2.24, 2.45) is 23.2 Å². The van der Waals surface area contributed by atoms with E-state index >= 15 is 0 Å². The molecule has 0 aromatic rings. The highest BCUT2D eigenvalue weighted by Gasteiger charge is 2.70. The highest BCUT2D eigenvalue weighted by atomic mass is 16.6. The number of hydrogen-bond donors (Lipinski definition) is 2. The molecular weight excluding hydrogens is 442 g/mol. The summed E-state index contributed by atoms with van der Waals surface area (Å²) in [6.45, 7) is 13.3. The zero-order valence-corrected chi connectivity index (χ0v) is 21.3. The van der Waals surface area contributed by atoms with E-state index in [2.05, 4.69) is 29.2 Å². The number of methoxy groups -OCH3 is 1. The van der Waals surface area contributed by atoms with Gasteiger partial charge in [-0.2, -0.15) is 0 Å². The topological polar surface area (TPSA) is 131 Å². The SMILES string of the molecule is COC(=O)C(=O)C1(NC(=O)C2[C@@H]3[C@H](CN2C(=O)[C@@H](NC(=O)OC(C)(C)C)C(C)C)C3(C)C)CC1. The molecule has 0 spiro atoms. The van der Waals surface area contributed by atoms with Crippen molar-refractivity contribution < 1.29 is 33.4 Å². The lowest BCUT2D eigenvalue weighted by Crippen LogP contribution is -2.59. The van der Waals surface area contributed by atoms with Crippen molar-refractivity contribution in [3.05, 3.63) is 0 Å². The Labute approximate surface area is 200 Å². The summed E-state index contributed by atoms with van der Waals surface area (Å²) in [5, 5.41) is 5.41. The minimum absolute atomic E-state index is 0.0742. The smallest absolute Gasteiger partial charge is 0.408 e. The molecule has 0 aromatic heterocycles. The van der Waals surface area contributed by atoms with Crippen LogP contribution in [0.1, 0.15) is 61.3 Å². The van der Waals surface area contributed by atoms with Crippen LogP contribution >= 0.6 is 0 Å². The van der Waals surface area contributed by atoms with Gasteiger partial charge in [0.05, 0.1) is 7.11 Å². The average molecular weight is 480 g/mol. The average Bonchev–Trinajstić information content (AvgIpc) is 3.52. The lowest BCUT2D eigenvalue weighted by molar-refractivity contribution is -0.154. The van der Waals surface area contributed by atoms with E-state index in [0.717, 1.165) is 7.11 Å². The molecule has 10 nitrogen and oxygen atoms in total. The number of fused-ring (bicyclic) bond motifs is 1. The number of esters is 1. The fraction of sp³-hybridized carbons (Fsp3) is 0.792. The van der Waals surface area contributed by atoms with E-state index in [0.29, 0.717) is 19.4 Å². The predicted molar refractivity (Wildman–Crippen MR) is 121 cm³/mol. The van der Waals surface area contributed by atoms with Crippen LogP contribution in [0.15, 0.2) is 0 Å². The molecule has 2 aliphatic carbocycles. The number of alkyl carbamates (subject to hydrolysis) is 1. The van der Waals surface area contributed by atoms with Gasteiger partial charge in [-0.3, -0.25) is 14.4 Å².